The average Bonchev–Trinajstić information content (AvgIpc) is 3.23. The molecule has 7 atom stereocenters. The molecule has 0 aromatic rings. The summed E-state index contributed by atoms with van der Waals surface area (Å²) in [6, 6.07) is 1.82. The molecular formula is C48H78N2O6. The van der Waals surface area contributed by atoms with Crippen molar-refractivity contribution in [1.29, 1.82) is 0 Å². The Bertz CT molecular complexity index is 1240. The first-order chi connectivity index (χ1) is 27.3. The third-order valence-electron chi connectivity index (χ3n) is 15.8. The van der Waals surface area contributed by atoms with Crippen LogP contribution >= 0.6 is 0 Å². The Balaban J connectivity index is 0.889. The maximum atomic E-state index is 13.8. The largest absolute Gasteiger partial charge is 0.375 e. The molecule has 8 heteroatoms. The normalized spacial score (nSPS) is 43.6. The maximum Gasteiger partial charge on any atom is 0.139 e. The Morgan fingerprint density at radius 1 is 0.518 bits per heavy atom. The molecule has 0 aromatic carbocycles. The van der Waals surface area contributed by atoms with E-state index in [0.717, 1.165) is 83.0 Å². The number of ketones is 2. The van der Waals surface area contributed by atoms with Gasteiger partial charge in [-0.25, -0.2) is 0 Å². The second-order valence-electron chi connectivity index (χ2n) is 19.7. The molecule has 316 valence electrons. The summed E-state index contributed by atoms with van der Waals surface area (Å²) < 4.78 is 25.7. The summed E-state index contributed by atoms with van der Waals surface area (Å²) in [6.07, 6.45) is 29.2. The minimum Gasteiger partial charge on any atom is -0.375 e. The predicted molar refractivity (Wildman–Crippen MR) is 222 cm³/mol. The van der Waals surface area contributed by atoms with Crippen LogP contribution in [-0.4, -0.2) is 85.6 Å². The minimum atomic E-state index is 0.00371. The molecule has 0 aromatic heterocycles. The zero-order chi connectivity index (χ0) is 39.0. The number of nitrogens with one attached hydrogen (secondary N) is 2. The van der Waals surface area contributed by atoms with Crippen LogP contribution in [0, 0.1) is 35.5 Å². The second kappa shape index (κ2) is 20.7. The molecule has 0 spiro atoms. The van der Waals surface area contributed by atoms with Gasteiger partial charge in [0.05, 0.1) is 49.8 Å². The zero-order valence-electron chi connectivity index (χ0n) is 35.2. The lowest BCUT2D eigenvalue weighted by atomic mass is 9.69. The first kappa shape index (κ1) is 42.7. The molecule has 56 heavy (non-hydrogen) atoms. The van der Waals surface area contributed by atoms with E-state index in [1.165, 1.54) is 64.2 Å². The van der Waals surface area contributed by atoms with Crippen molar-refractivity contribution in [3.8, 4) is 0 Å². The predicted octanol–water partition coefficient (Wildman–Crippen LogP) is 8.84. The highest BCUT2D eigenvalue weighted by Crippen LogP contribution is 2.42. The smallest absolute Gasteiger partial charge is 0.139 e. The minimum absolute atomic E-state index is 0.00371. The number of Topliss-reactive ketones (excluding diaryl/α,β-unsaturated/α-hetero) is 2. The molecule has 8 nitrogen and oxygen atoms in total. The third kappa shape index (κ3) is 11.2. The summed E-state index contributed by atoms with van der Waals surface area (Å²) in [4.78, 5) is 26.3. The monoisotopic (exact) mass is 779 g/mol. The molecule has 6 saturated carbocycles. The summed E-state index contributed by atoms with van der Waals surface area (Å²) >= 11 is 0. The van der Waals surface area contributed by atoms with E-state index in [4.69, 9.17) is 18.9 Å². The van der Waals surface area contributed by atoms with Gasteiger partial charge in [0, 0.05) is 41.9 Å². The summed E-state index contributed by atoms with van der Waals surface area (Å²) in [5, 5.41) is 8.53. The molecular weight excluding hydrogens is 701 g/mol. The summed E-state index contributed by atoms with van der Waals surface area (Å²) in [5.41, 5.74) is 0. The van der Waals surface area contributed by atoms with Gasteiger partial charge < -0.3 is 29.6 Å². The van der Waals surface area contributed by atoms with E-state index in [-0.39, 0.29) is 36.1 Å². The van der Waals surface area contributed by atoms with Gasteiger partial charge in [0.15, 0.2) is 0 Å². The van der Waals surface area contributed by atoms with Crippen molar-refractivity contribution < 1.29 is 28.5 Å². The standard InChI is InChI=1S/C48H78N2O6/c1-5-25-53-42-27-37(28-43(30-42)54-26-6-2)48(52)35-13-22-41(23-14-35)56-40-20-11-34(12-21-40)47-46(49-44-24-15-36(32(4)51)29-45(44)50-47)33-9-18-39(19-10-33)55-38-16-7-31(3)8-17-38/h5-6,31,33-47,49-50H,1-2,7-30H2,3-4H3. The molecule has 7 fully saturated rings. The lowest BCUT2D eigenvalue weighted by molar-refractivity contribution is -0.136. The molecule has 2 N–H and O–H groups in total. The molecule has 7 unspecified atom stereocenters. The second-order valence-corrected chi connectivity index (χ2v) is 19.7. The number of piperazine rings is 1. The SMILES string of the molecule is C=CCOC1CC(OCC=C)CC(C(=O)C2CCC(OC3CCC(C4NC5CC(C(C)=O)CCC5NC4C4CCC(OC5CCC(C)CC5)CC4)CC3)CC2)C1. The van der Waals surface area contributed by atoms with Crippen molar-refractivity contribution in [3.05, 3.63) is 25.3 Å². The fraction of sp³-hybridized carbons (Fsp3) is 0.875. The Morgan fingerprint density at radius 2 is 0.964 bits per heavy atom. The quantitative estimate of drug-likeness (QED) is 0.159. The van der Waals surface area contributed by atoms with Gasteiger partial charge in [-0.1, -0.05) is 19.1 Å². The fourth-order valence-electron chi connectivity index (χ4n) is 12.5. The van der Waals surface area contributed by atoms with E-state index < -0.39 is 0 Å². The van der Waals surface area contributed by atoms with E-state index in [1.807, 2.05) is 0 Å². The van der Waals surface area contributed by atoms with Crippen molar-refractivity contribution >= 4 is 11.6 Å². The van der Waals surface area contributed by atoms with Crippen molar-refractivity contribution in [1.82, 2.24) is 10.6 Å². The van der Waals surface area contributed by atoms with Crippen LogP contribution in [0.1, 0.15) is 155 Å². The van der Waals surface area contributed by atoms with E-state index in [2.05, 4.69) is 30.7 Å². The highest BCUT2D eigenvalue weighted by atomic mass is 16.5. The van der Waals surface area contributed by atoms with Gasteiger partial charge in [0.1, 0.15) is 11.6 Å². The molecule has 0 amide bonds. The Labute approximate surface area is 339 Å². The Morgan fingerprint density at radius 3 is 1.45 bits per heavy atom. The molecule has 1 aliphatic heterocycles. The van der Waals surface area contributed by atoms with Crippen molar-refractivity contribution in [2.45, 2.75) is 216 Å². The molecule has 6 aliphatic carbocycles. The van der Waals surface area contributed by atoms with E-state index in [9.17, 15) is 9.59 Å². The number of fused-ring (bicyclic) bond motifs is 1. The first-order valence-electron chi connectivity index (χ1n) is 23.6. The molecule has 1 saturated heterocycles. The van der Waals surface area contributed by atoms with Crippen LogP contribution < -0.4 is 10.6 Å². The topological polar surface area (TPSA) is 95.1 Å². The van der Waals surface area contributed by atoms with Gasteiger partial charge in [0.25, 0.3) is 0 Å². The van der Waals surface area contributed by atoms with Gasteiger partial charge in [-0.3, -0.25) is 9.59 Å². The maximum absolute atomic E-state index is 13.8. The summed E-state index contributed by atoms with van der Waals surface area (Å²) in [7, 11) is 0. The van der Waals surface area contributed by atoms with E-state index in [0.29, 0.717) is 79.1 Å². The van der Waals surface area contributed by atoms with Crippen molar-refractivity contribution in [3.63, 3.8) is 0 Å². The van der Waals surface area contributed by atoms with E-state index in [1.54, 1.807) is 19.1 Å². The van der Waals surface area contributed by atoms with Crippen LogP contribution in [0.25, 0.3) is 0 Å². The van der Waals surface area contributed by atoms with Crippen LogP contribution in [0.5, 0.6) is 0 Å². The van der Waals surface area contributed by atoms with Gasteiger partial charge >= 0.3 is 0 Å². The molecule has 7 rings (SSSR count). The molecule has 0 bridgehead atoms. The van der Waals surface area contributed by atoms with Crippen LogP contribution in [0.2, 0.25) is 0 Å². The van der Waals surface area contributed by atoms with Crippen LogP contribution in [0.15, 0.2) is 25.3 Å². The number of hydrogen-bond donors (Lipinski definition) is 2. The average molecular weight is 779 g/mol. The summed E-state index contributed by atoms with van der Waals surface area (Å²) in [5.74, 6) is 3.29. The highest BCUT2D eigenvalue weighted by Gasteiger charge is 2.47. The van der Waals surface area contributed by atoms with Crippen LogP contribution in [-0.2, 0) is 28.5 Å². The lowest BCUT2D eigenvalue weighted by Crippen LogP contribution is -2.71. The Hall–Kier alpha value is -1.42. The highest BCUT2D eigenvalue weighted by molar-refractivity contribution is 5.83. The van der Waals surface area contributed by atoms with E-state index >= 15 is 0 Å². The van der Waals surface area contributed by atoms with Crippen LogP contribution in [0.3, 0.4) is 0 Å². The number of carbonyl (C=O) groups is 2. The zero-order valence-corrected chi connectivity index (χ0v) is 35.2. The number of ether oxygens (including phenoxy) is 4. The van der Waals surface area contributed by atoms with Gasteiger partial charge in [-0.05, 0) is 166 Å². The molecule has 0 radical (unpaired) electrons. The fourth-order valence-corrected chi connectivity index (χ4v) is 12.5. The molecule has 1 heterocycles. The van der Waals surface area contributed by atoms with Crippen molar-refractivity contribution in [2.24, 2.45) is 35.5 Å². The number of carbonyl (C=O) groups excluding carboxylic acids is 2. The molecule has 7 aliphatic rings. The van der Waals surface area contributed by atoms with Crippen LogP contribution in [0.4, 0.5) is 0 Å². The number of rotatable bonds is 15. The lowest BCUT2D eigenvalue weighted by Gasteiger charge is -2.53. The van der Waals surface area contributed by atoms with Gasteiger partial charge in [-0.2, -0.15) is 0 Å². The van der Waals surface area contributed by atoms with Gasteiger partial charge in [-0.15, -0.1) is 13.2 Å². The van der Waals surface area contributed by atoms with Crippen molar-refractivity contribution in [2.75, 3.05) is 13.2 Å². The number of hydrogen-bond acceptors (Lipinski definition) is 8. The first-order valence-corrected chi connectivity index (χ1v) is 23.6. The summed E-state index contributed by atoms with van der Waals surface area (Å²) in [6.45, 7) is 12.8. The Kier molecular flexibility index (Phi) is 15.8. The third-order valence-corrected chi connectivity index (χ3v) is 15.8. The van der Waals surface area contributed by atoms with Gasteiger partial charge in [0.2, 0.25) is 0 Å².